The second-order valence-corrected chi connectivity index (χ2v) is 4.20. The van der Waals surface area contributed by atoms with Crippen molar-refractivity contribution in [2.45, 2.75) is 33.3 Å². The van der Waals surface area contributed by atoms with Crippen LogP contribution in [0.15, 0.2) is 12.4 Å². The molecule has 1 amide bonds. The van der Waals surface area contributed by atoms with E-state index in [9.17, 15) is 4.79 Å². The maximum Gasteiger partial charge on any atom is 0.257 e. The van der Waals surface area contributed by atoms with Crippen LogP contribution in [0.1, 0.15) is 26.3 Å². The van der Waals surface area contributed by atoms with Crippen LogP contribution >= 0.6 is 0 Å². The van der Waals surface area contributed by atoms with Gasteiger partial charge >= 0.3 is 0 Å². The molecular weight excluding hydrogens is 194 g/mol. The Hall–Kier alpha value is -1.49. The molecule has 0 spiro atoms. The molecule has 0 bridgehead atoms. The van der Waals surface area contributed by atoms with Crippen LogP contribution in [-0.2, 0) is 9.63 Å². The standard InChI is InChI=1S/C10H15N3O2/c1-8-5-11-9(12-6-8)13(7-14)15-10(2,3)4/h5-7H,1-4H3. The third-order valence-electron chi connectivity index (χ3n) is 1.43. The van der Waals surface area contributed by atoms with Crippen molar-refractivity contribution in [2.24, 2.45) is 0 Å². The second kappa shape index (κ2) is 4.35. The van der Waals surface area contributed by atoms with Gasteiger partial charge in [0.1, 0.15) is 0 Å². The maximum atomic E-state index is 10.8. The lowest BCUT2D eigenvalue weighted by Crippen LogP contribution is -2.34. The Morgan fingerprint density at radius 2 is 1.87 bits per heavy atom. The number of hydrogen-bond donors (Lipinski definition) is 0. The van der Waals surface area contributed by atoms with Crippen molar-refractivity contribution >= 4 is 12.4 Å². The highest BCUT2D eigenvalue weighted by Gasteiger charge is 2.18. The molecule has 1 rings (SSSR count). The highest BCUT2D eigenvalue weighted by atomic mass is 16.7. The molecule has 5 heteroatoms. The third kappa shape index (κ3) is 3.63. The third-order valence-corrected chi connectivity index (χ3v) is 1.43. The van der Waals surface area contributed by atoms with Gasteiger partial charge in [0.15, 0.2) is 0 Å². The van der Waals surface area contributed by atoms with Crippen LogP contribution < -0.4 is 5.06 Å². The molecule has 0 aliphatic rings. The first-order valence-electron chi connectivity index (χ1n) is 4.65. The normalized spacial score (nSPS) is 11.2. The molecule has 0 atom stereocenters. The summed E-state index contributed by atoms with van der Waals surface area (Å²) in [5, 5.41) is 1.03. The van der Waals surface area contributed by atoms with Crippen LogP contribution in [0.25, 0.3) is 0 Å². The van der Waals surface area contributed by atoms with E-state index in [0.29, 0.717) is 6.41 Å². The predicted octanol–water partition coefficient (Wildman–Crippen LogP) is 1.48. The summed E-state index contributed by atoms with van der Waals surface area (Å²) in [4.78, 5) is 24.1. The summed E-state index contributed by atoms with van der Waals surface area (Å²) in [7, 11) is 0. The Labute approximate surface area is 89.0 Å². The molecule has 15 heavy (non-hydrogen) atoms. The van der Waals surface area contributed by atoms with Crippen LogP contribution in [0.2, 0.25) is 0 Å². The monoisotopic (exact) mass is 209 g/mol. The fourth-order valence-corrected chi connectivity index (χ4v) is 0.904. The molecule has 82 valence electrons. The smallest absolute Gasteiger partial charge is 0.257 e. The van der Waals surface area contributed by atoms with Crippen molar-refractivity contribution in [3.63, 3.8) is 0 Å². The number of carbonyl (C=O) groups excluding carboxylic acids is 1. The van der Waals surface area contributed by atoms with Gasteiger partial charge in [0.25, 0.3) is 5.95 Å². The minimum absolute atomic E-state index is 0.241. The lowest BCUT2D eigenvalue weighted by molar-refractivity contribution is -0.120. The van der Waals surface area contributed by atoms with Crippen molar-refractivity contribution in [3.05, 3.63) is 18.0 Å². The molecule has 1 heterocycles. The van der Waals surface area contributed by atoms with E-state index in [2.05, 4.69) is 9.97 Å². The summed E-state index contributed by atoms with van der Waals surface area (Å²) in [6, 6.07) is 0. The number of nitrogens with zero attached hydrogens (tertiary/aromatic N) is 3. The first kappa shape index (κ1) is 11.6. The van der Waals surface area contributed by atoms with Gasteiger partial charge in [-0.2, -0.15) is 5.06 Å². The number of aromatic nitrogens is 2. The summed E-state index contributed by atoms with van der Waals surface area (Å²) in [5.41, 5.74) is 0.468. The van der Waals surface area contributed by atoms with E-state index in [1.807, 2.05) is 27.7 Å². The number of rotatable bonds is 3. The zero-order valence-corrected chi connectivity index (χ0v) is 9.39. The van der Waals surface area contributed by atoms with E-state index in [-0.39, 0.29) is 5.95 Å². The quantitative estimate of drug-likeness (QED) is 0.559. The van der Waals surface area contributed by atoms with E-state index in [1.165, 1.54) is 0 Å². The first-order valence-corrected chi connectivity index (χ1v) is 4.65. The van der Waals surface area contributed by atoms with Gasteiger partial charge < -0.3 is 0 Å². The van der Waals surface area contributed by atoms with Gasteiger partial charge in [0.05, 0.1) is 5.60 Å². The van der Waals surface area contributed by atoms with Crippen molar-refractivity contribution < 1.29 is 9.63 Å². The van der Waals surface area contributed by atoms with Crippen molar-refractivity contribution in [2.75, 3.05) is 5.06 Å². The molecule has 0 radical (unpaired) electrons. The molecule has 1 aromatic rings. The summed E-state index contributed by atoms with van der Waals surface area (Å²) in [6.07, 6.45) is 3.81. The summed E-state index contributed by atoms with van der Waals surface area (Å²) >= 11 is 0. The number of carbonyl (C=O) groups is 1. The number of aryl methyl sites for hydroxylation is 1. The summed E-state index contributed by atoms with van der Waals surface area (Å²) in [6.45, 7) is 7.41. The highest BCUT2D eigenvalue weighted by molar-refractivity contribution is 5.67. The van der Waals surface area contributed by atoms with Gasteiger partial charge in [-0.25, -0.2) is 9.97 Å². The Morgan fingerprint density at radius 3 is 2.27 bits per heavy atom. The van der Waals surface area contributed by atoms with Gasteiger partial charge in [-0.05, 0) is 33.3 Å². The summed E-state index contributed by atoms with van der Waals surface area (Å²) in [5.74, 6) is 0.241. The Kier molecular flexibility index (Phi) is 3.36. The molecule has 0 unspecified atom stereocenters. The second-order valence-electron chi connectivity index (χ2n) is 4.20. The van der Waals surface area contributed by atoms with Gasteiger partial charge in [-0.1, -0.05) is 0 Å². The SMILES string of the molecule is Cc1cnc(N(C=O)OC(C)(C)C)nc1. The maximum absolute atomic E-state index is 10.8. The lowest BCUT2D eigenvalue weighted by atomic mass is 10.2. The molecule has 0 saturated heterocycles. The van der Waals surface area contributed by atoms with Gasteiger partial charge in [-0.3, -0.25) is 9.63 Å². The minimum atomic E-state index is -0.463. The number of anilines is 1. The largest absolute Gasteiger partial charge is 0.276 e. The molecule has 0 aliphatic carbocycles. The van der Waals surface area contributed by atoms with E-state index < -0.39 is 5.60 Å². The Balaban J connectivity index is 2.83. The number of hydroxylamine groups is 1. The zero-order chi connectivity index (χ0) is 11.5. The highest BCUT2D eigenvalue weighted by Crippen LogP contribution is 2.13. The summed E-state index contributed by atoms with van der Waals surface area (Å²) < 4.78 is 0. The molecule has 5 nitrogen and oxygen atoms in total. The molecule has 0 aliphatic heterocycles. The van der Waals surface area contributed by atoms with Gasteiger partial charge in [0.2, 0.25) is 6.41 Å². The van der Waals surface area contributed by atoms with Crippen LogP contribution in [0.4, 0.5) is 5.95 Å². The molecular formula is C10H15N3O2. The Bertz CT molecular complexity index is 330. The van der Waals surface area contributed by atoms with Crippen LogP contribution in [0, 0.1) is 6.92 Å². The van der Waals surface area contributed by atoms with Gasteiger partial charge in [-0.15, -0.1) is 0 Å². The number of hydrogen-bond acceptors (Lipinski definition) is 4. The molecule has 1 aromatic heterocycles. The predicted molar refractivity (Wildman–Crippen MR) is 56.2 cm³/mol. The molecule has 0 fully saturated rings. The fraction of sp³-hybridized carbons (Fsp3) is 0.500. The topological polar surface area (TPSA) is 55.3 Å². The first-order chi connectivity index (χ1) is 6.92. The minimum Gasteiger partial charge on any atom is -0.276 e. The van der Waals surface area contributed by atoms with E-state index in [1.54, 1.807) is 12.4 Å². The molecule has 0 N–H and O–H groups in total. The molecule has 0 aromatic carbocycles. The number of amides is 1. The van der Waals surface area contributed by atoms with Crippen LogP contribution in [-0.4, -0.2) is 22.0 Å². The van der Waals surface area contributed by atoms with E-state index in [4.69, 9.17) is 4.84 Å². The average Bonchev–Trinajstić information content (AvgIpc) is 2.14. The van der Waals surface area contributed by atoms with Crippen molar-refractivity contribution in [1.29, 1.82) is 0 Å². The average molecular weight is 209 g/mol. The van der Waals surface area contributed by atoms with E-state index in [0.717, 1.165) is 10.6 Å². The molecule has 0 saturated carbocycles. The zero-order valence-electron chi connectivity index (χ0n) is 9.39. The van der Waals surface area contributed by atoms with Crippen molar-refractivity contribution in [3.8, 4) is 0 Å². The van der Waals surface area contributed by atoms with Crippen LogP contribution in [0.5, 0.6) is 0 Å². The van der Waals surface area contributed by atoms with Gasteiger partial charge in [0, 0.05) is 12.4 Å². The Morgan fingerprint density at radius 1 is 1.33 bits per heavy atom. The van der Waals surface area contributed by atoms with Crippen LogP contribution in [0.3, 0.4) is 0 Å². The lowest BCUT2D eigenvalue weighted by Gasteiger charge is -2.24. The van der Waals surface area contributed by atoms with Crippen molar-refractivity contribution in [1.82, 2.24) is 9.97 Å². The fourth-order valence-electron chi connectivity index (χ4n) is 0.904. The van der Waals surface area contributed by atoms with E-state index >= 15 is 0 Å².